The van der Waals surface area contributed by atoms with Crippen LogP contribution in [0.5, 0.6) is 11.8 Å². The standard InChI is InChI=1S/C16H18N2O9S/c19-11-1-2-12(20)17(11)9-10-5-7-16(8-6-10,28(24,25)26)15(23)27-18-13(21)3-4-14(18)22/h1-4,10,21-22H,5-9H2,(H,24,25,26). The Hall–Kier alpha value is -2.86. The zero-order chi connectivity index (χ0) is 20.7. The third kappa shape index (κ3) is 3.36. The number of carbonyl (C=O) groups excluding carboxylic acids is 3. The first-order chi connectivity index (χ1) is 13.0. The highest BCUT2D eigenvalue weighted by atomic mass is 32.2. The molecule has 1 fully saturated rings. The molecule has 3 rings (SSSR count). The molecule has 152 valence electrons. The summed E-state index contributed by atoms with van der Waals surface area (Å²) < 4.78 is 31.7. The number of imide groups is 1. The minimum absolute atomic E-state index is 0.0699. The molecule has 2 aliphatic rings. The molecule has 28 heavy (non-hydrogen) atoms. The van der Waals surface area contributed by atoms with Gasteiger partial charge in [-0.2, -0.15) is 8.42 Å². The molecule has 0 atom stereocenters. The minimum Gasteiger partial charge on any atom is -0.492 e. The zero-order valence-electron chi connectivity index (χ0n) is 14.5. The van der Waals surface area contributed by atoms with Gasteiger partial charge in [0.15, 0.2) is 4.75 Å². The second-order valence-electron chi connectivity index (χ2n) is 6.76. The Bertz CT molecular complexity index is 917. The van der Waals surface area contributed by atoms with Gasteiger partial charge >= 0.3 is 5.97 Å². The van der Waals surface area contributed by atoms with E-state index in [1.807, 2.05) is 0 Å². The second kappa shape index (κ2) is 6.95. The Balaban J connectivity index is 1.75. The van der Waals surface area contributed by atoms with Crippen molar-refractivity contribution in [2.75, 3.05) is 6.54 Å². The predicted octanol–water partition coefficient (Wildman–Crippen LogP) is -0.404. The van der Waals surface area contributed by atoms with Crippen LogP contribution in [0, 0.1) is 5.92 Å². The molecule has 12 heteroatoms. The zero-order valence-corrected chi connectivity index (χ0v) is 15.3. The number of aromatic nitrogens is 1. The molecule has 0 spiro atoms. The van der Waals surface area contributed by atoms with Crippen molar-refractivity contribution >= 4 is 27.9 Å². The van der Waals surface area contributed by atoms with E-state index in [-0.39, 0.29) is 38.1 Å². The molecule has 2 heterocycles. The van der Waals surface area contributed by atoms with Crippen LogP contribution in [0.2, 0.25) is 0 Å². The van der Waals surface area contributed by atoms with Crippen molar-refractivity contribution < 1.29 is 42.4 Å². The average molecular weight is 414 g/mol. The third-order valence-corrected chi connectivity index (χ3v) is 6.65. The van der Waals surface area contributed by atoms with Crippen LogP contribution in [-0.2, 0) is 24.5 Å². The van der Waals surface area contributed by atoms with Gasteiger partial charge in [-0.25, -0.2) is 4.79 Å². The molecular formula is C16H18N2O9S. The number of carbonyl (C=O) groups is 3. The lowest BCUT2D eigenvalue weighted by Crippen LogP contribution is -2.53. The van der Waals surface area contributed by atoms with Gasteiger partial charge < -0.3 is 15.1 Å². The Kier molecular flexibility index (Phi) is 4.93. The van der Waals surface area contributed by atoms with Crippen molar-refractivity contribution in [3.63, 3.8) is 0 Å². The van der Waals surface area contributed by atoms with Crippen molar-refractivity contribution in [3.05, 3.63) is 24.3 Å². The highest BCUT2D eigenvalue weighted by Crippen LogP contribution is 2.39. The van der Waals surface area contributed by atoms with Crippen LogP contribution in [-0.4, -0.2) is 61.9 Å². The van der Waals surface area contributed by atoms with Gasteiger partial charge in [-0.3, -0.25) is 19.0 Å². The predicted molar refractivity (Wildman–Crippen MR) is 91.4 cm³/mol. The van der Waals surface area contributed by atoms with Gasteiger partial charge in [0.1, 0.15) is 0 Å². The molecule has 0 bridgehead atoms. The van der Waals surface area contributed by atoms with Crippen LogP contribution in [0.1, 0.15) is 25.7 Å². The van der Waals surface area contributed by atoms with E-state index in [1.165, 1.54) is 0 Å². The van der Waals surface area contributed by atoms with Crippen LogP contribution < -0.4 is 4.84 Å². The van der Waals surface area contributed by atoms with Gasteiger partial charge in [0, 0.05) is 30.8 Å². The Morgan fingerprint density at radius 3 is 2.07 bits per heavy atom. The Morgan fingerprint density at radius 1 is 1.11 bits per heavy atom. The fraction of sp³-hybridized carbons (Fsp3) is 0.438. The first-order valence-corrected chi connectivity index (χ1v) is 9.82. The number of hydrogen-bond acceptors (Lipinski definition) is 8. The van der Waals surface area contributed by atoms with Crippen LogP contribution in [0.3, 0.4) is 0 Å². The van der Waals surface area contributed by atoms with E-state index in [4.69, 9.17) is 4.84 Å². The first kappa shape index (κ1) is 19.9. The Labute approximate surface area is 159 Å². The average Bonchev–Trinajstić information content (AvgIpc) is 3.11. The molecule has 0 radical (unpaired) electrons. The number of amides is 2. The van der Waals surface area contributed by atoms with E-state index in [0.717, 1.165) is 29.2 Å². The van der Waals surface area contributed by atoms with Crippen LogP contribution in [0.4, 0.5) is 0 Å². The summed E-state index contributed by atoms with van der Waals surface area (Å²) in [7, 11) is -4.90. The van der Waals surface area contributed by atoms with Crippen LogP contribution in [0.25, 0.3) is 0 Å². The van der Waals surface area contributed by atoms with Crippen LogP contribution in [0.15, 0.2) is 24.3 Å². The molecule has 1 aromatic rings. The smallest absolute Gasteiger partial charge is 0.356 e. The maximum atomic E-state index is 12.6. The quantitative estimate of drug-likeness (QED) is 0.429. The summed E-state index contributed by atoms with van der Waals surface area (Å²) in [6.45, 7) is 0.0699. The van der Waals surface area contributed by atoms with Crippen molar-refractivity contribution in [2.45, 2.75) is 30.4 Å². The molecule has 11 nitrogen and oxygen atoms in total. The number of nitrogens with zero attached hydrogens (tertiary/aromatic N) is 2. The third-order valence-electron chi connectivity index (χ3n) is 5.09. The summed E-state index contributed by atoms with van der Waals surface area (Å²) in [4.78, 5) is 41.7. The van der Waals surface area contributed by atoms with Crippen molar-refractivity contribution in [2.24, 2.45) is 5.92 Å². The normalized spacial score (nSPS) is 25.3. The van der Waals surface area contributed by atoms with Crippen molar-refractivity contribution in [1.82, 2.24) is 9.63 Å². The molecule has 1 aliphatic carbocycles. The first-order valence-electron chi connectivity index (χ1n) is 8.38. The summed E-state index contributed by atoms with van der Waals surface area (Å²) >= 11 is 0. The SMILES string of the molecule is O=C1C=CC(=O)N1CC1CCC(C(=O)On2c(O)ccc2O)(S(=O)(=O)O)CC1. The highest BCUT2D eigenvalue weighted by molar-refractivity contribution is 7.88. The van der Waals surface area contributed by atoms with Crippen molar-refractivity contribution in [1.29, 1.82) is 0 Å². The van der Waals surface area contributed by atoms with E-state index in [0.29, 0.717) is 4.73 Å². The molecule has 1 aliphatic heterocycles. The lowest BCUT2D eigenvalue weighted by molar-refractivity contribution is -0.150. The summed E-state index contributed by atoms with van der Waals surface area (Å²) in [6, 6.07) is 2.05. The monoisotopic (exact) mass is 414 g/mol. The molecule has 2 amide bonds. The maximum absolute atomic E-state index is 12.6. The summed E-state index contributed by atoms with van der Waals surface area (Å²) in [5.41, 5.74) is 0. The van der Waals surface area contributed by atoms with E-state index in [2.05, 4.69) is 0 Å². The van der Waals surface area contributed by atoms with E-state index < -0.39 is 44.4 Å². The van der Waals surface area contributed by atoms with Gasteiger partial charge in [-0.15, -0.1) is 4.73 Å². The fourth-order valence-electron chi connectivity index (χ4n) is 3.42. The molecule has 3 N–H and O–H groups in total. The van der Waals surface area contributed by atoms with E-state index >= 15 is 0 Å². The number of rotatable bonds is 5. The minimum atomic E-state index is -4.90. The fourth-order valence-corrected chi connectivity index (χ4v) is 4.42. The molecule has 0 aromatic carbocycles. The maximum Gasteiger partial charge on any atom is 0.356 e. The van der Waals surface area contributed by atoms with Gasteiger partial charge in [-0.1, -0.05) is 0 Å². The number of aromatic hydroxyl groups is 2. The molecule has 1 aromatic heterocycles. The van der Waals surface area contributed by atoms with Crippen molar-refractivity contribution in [3.8, 4) is 11.8 Å². The van der Waals surface area contributed by atoms with E-state index in [9.17, 15) is 37.6 Å². The molecule has 1 saturated carbocycles. The lowest BCUT2D eigenvalue weighted by atomic mass is 9.81. The van der Waals surface area contributed by atoms with Gasteiger partial charge in [0.05, 0.1) is 0 Å². The van der Waals surface area contributed by atoms with Gasteiger partial charge in [0.2, 0.25) is 11.8 Å². The molecular weight excluding hydrogens is 396 g/mol. The van der Waals surface area contributed by atoms with Gasteiger partial charge in [0.25, 0.3) is 21.9 Å². The molecule has 0 unspecified atom stereocenters. The van der Waals surface area contributed by atoms with Crippen LogP contribution >= 0.6 is 0 Å². The van der Waals surface area contributed by atoms with Gasteiger partial charge in [-0.05, 0) is 31.6 Å². The highest BCUT2D eigenvalue weighted by Gasteiger charge is 2.54. The Morgan fingerprint density at radius 2 is 1.61 bits per heavy atom. The summed E-state index contributed by atoms with van der Waals surface area (Å²) in [5.74, 6) is -3.81. The number of hydrogen-bond donors (Lipinski definition) is 3. The second-order valence-corrected chi connectivity index (χ2v) is 8.49. The summed E-state index contributed by atoms with van der Waals surface area (Å²) in [6.07, 6.45) is 1.89. The largest absolute Gasteiger partial charge is 0.492 e. The summed E-state index contributed by atoms with van der Waals surface area (Å²) in [5, 5.41) is 19.1. The van der Waals surface area contributed by atoms with E-state index in [1.54, 1.807) is 0 Å². The lowest BCUT2D eigenvalue weighted by Gasteiger charge is -2.36. The molecule has 0 saturated heterocycles. The topological polar surface area (TPSA) is 163 Å².